The lowest BCUT2D eigenvalue weighted by molar-refractivity contribution is 0.100. The van der Waals surface area contributed by atoms with E-state index >= 15 is 0 Å². The second-order valence-corrected chi connectivity index (χ2v) is 3.65. The van der Waals surface area contributed by atoms with Crippen molar-refractivity contribution in [2.24, 2.45) is 0 Å². The highest BCUT2D eigenvalue weighted by Gasteiger charge is 2.21. The van der Waals surface area contributed by atoms with Crippen molar-refractivity contribution in [2.75, 3.05) is 0 Å². The molecule has 0 aliphatic heterocycles. The zero-order chi connectivity index (χ0) is 9.26. The molecule has 3 heteroatoms. The van der Waals surface area contributed by atoms with Crippen LogP contribution < -0.4 is 0 Å². The minimum Gasteiger partial charge on any atom is -0.360 e. The number of nitrogens with zero attached hydrogens (tertiary/aromatic N) is 1. The highest BCUT2D eigenvalue weighted by molar-refractivity contribution is 5.91. The first-order chi connectivity index (χ1) is 6.27. The molecule has 1 fully saturated rings. The predicted octanol–water partition coefficient (Wildman–Crippen LogP) is 2.53. The molecule has 0 N–H and O–H groups in total. The summed E-state index contributed by atoms with van der Waals surface area (Å²) in [4.78, 5) is 11.0. The van der Waals surface area contributed by atoms with Crippen molar-refractivity contribution in [1.29, 1.82) is 0 Å². The molecule has 13 heavy (non-hydrogen) atoms. The number of carbonyl (C=O) groups excluding carboxylic acids is 1. The normalized spacial score (nSPS) is 17.9. The van der Waals surface area contributed by atoms with E-state index in [-0.39, 0.29) is 5.78 Å². The third kappa shape index (κ3) is 1.64. The maximum atomic E-state index is 11.0. The van der Waals surface area contributed by atoms with Crippen LogP contribution in [0.15, 0.2) is 10.6 Å². The Morgan fingerprint density at radius 3 is 2.77 bits per heavy atom. The van der Waals surface area contributed by atoms with Crippen LogP contribution in [0.2, 0.25) is 0 Å². The summed E-state index contributed by atoms with van der Waals surface area (Å²) in [6, 6.07) is 1.79. The van der Waals surface area contributed by atoms with Gasteiger partial charge in [0.1, 0.15) is 11.5 Å². The van der Waals surface area contributed by atoms with Crippen molar-refractivity contribution in [3.63, 3.8) is 0 Å². The quantitative estimate of drug-likeness (QED) is 0.655. The van der Waals surface area contributed by atoms with Crippen LogP contribution in [0.1, 0.15) is 54.8 Å². The third-order valence-electron chi connectivity index (χ3n) is 2.65. The molecule has 0 saturated heterocycles. The van der Waals surface area contributed by atoms with E-state index in [4.69, 9.17) is 4.52 Å². The van der Waals surface area contributed by atoms with Crippen molar-refractivity contribution >= 4 is 5.78 Å². The number of carbonyl (C=O) groups is 1. The van der Waals surface area contributed by atoms with E-state index in [0.29, 0.717) is 11.6 Å². The van der Waals surface area contributed by atoms with Gasteiger partial charge in [0.15, 0.2) is 5.78 Å². The Bertz CT molecular complexity index is 310. The van der Waals surface area contributed by atoms with E-state index in [0.717, 1.165) is 5.76 Å². The number of hydrogen-bond donors (Lipinski definition) is 0. The molecule has 0 atom stereocenters. The smallest absolute Gasteiger partial charge is 0.181 e. The monoisotopic (exact) mass is 179 g/mol. The predicted molar refractivity (Wildman–Crippen MR) is 47.7 cm³/mol. The van der Waals surface area contributed by atoms with Crippen LogP contribution in [-0.2, 0) is 0 Å². The highest BCUT2D eigenvalue weighted by atomic mass is 16.5. The molecule has 1 aromatic heterocycles. The SMILES string of the molecule is CC(=O)c1cc(C2CCCC2)on1. The molecule has 1 aliphatic rings. The molecule has 0 aromatic carbocycles. The molecule has 0 unspecified atom stereocenters. The zero-order valence-electron chi connectivity index (χ0n) is 7.75. The molecule has 0 spiro atoms. The Morgan fingerprint density at radius 2 is 2.23 bits per heavy atom. The van der Waals surface area contributed by atoms with E-state index in [1.807, 2.05) is 0 Å². The summed E-state index contributed by atoms with van der Waals surface area (Å²) in [7, 11) is 0. The van der Waals surface area contributed by atoms with E-state index in [1.165, 1.54) is 32.6 Å². The molecule has 70 valence electrons. The maximum Gasteiger partial charge on any atom is 0.181 e. The average Bonchev–Trinajstić information content (AvgIpc) is 2.75. The summed E-state index contributed by atoms with van der Waals surface area (Å²) in [5.41, 5.74) is 0.460. The first-order valence-electron chi connectivity index (χ1n) is 4.75. The lowest BCUT2D eigenvalue weighted by Crippen LogP contribution is -1.91. The summed E-state index contributed by atoms with van der Waals surface area (Å²) in [6.07, 6.45) is 4.88. The summed E-state index contributed by atoms with van der Waals surface area (Å²) in [6.45, 7) is 1.51. The van der Waals surface area contributed by atoms with Gasteiger partial charge >= 0.3 is 0 Å². The summed E-state index contributed by atoms with van der Waals surface area (Å²) < 4.78 is 5.14. The van der Waals surface area contributed by atoms with Crippen LogP contribution in [0.3, 0.4) is 0 Å². The number of aromatic nitrogens is 1. The Kier molecular flexibility index (Phi) is 2.17. The van der Waals surface area contributed by atoms with Crippen molar-refractivity contribution in [1.82, 2.24) is 5.16 Å². The van der Waals surface area contributed by atoms with Crippen LogP contribution >= 0.6 is 0 Å². The molecule has 1 heterocycles. The van der Waals surface area contributed by atoms with Gasteiger partial charge in [0.25, 0.3) is 0 Å². The fourth-order valence-electron chi connectivity index (χ4n) is 1.86. The summed E-state index contributed by atoms with van der Waals surface area (Å²) >= 11 is 0. The van der Waals surface area contributed by atoms with Crippen LogP contribution in [0, 0.1) is 0 Å². The maximum absolute atomic E-state index is 11.0. The third-order valence-corrected chi connectivity index (χ3v) is 2.65. The molecular formula is C10H13NO2. The van der Waals surface area contributed by atoms with Crippen molar-refractivity contribution in [3.05, 3.63) is 17.5 Å². The van der Waals surface area contributed by atoms with Crippen molar-refractivity contribution in [3.8, 4) is 0 Å². The van der Waals surface area contributed by atoms with E-state index in [9.17, 15) is 4.79 Å². The fourth-order valence-corrected chi connectivity index (χ4v) is 1.86. The molecule has 1 aliphatic carbocycles. The van der Waals surface area contributed by atoms with Crippen LogP contribution in [0.5, 0.6) is 0 Å². The second-order valence-electron chi connectivity index (χ2n) is 3.65. The Morgan fingerprint density at radius 1 is 1.54 bits per heavy atom. The Balaban J connectivity index is 2.16. The molecule has 0 bridgehead atoms. The molecule has 0 radical (unpaired) electrons. The Labute approximate surface area is 77.1 Å². The van der Waals surface area contributed by atoms with E-state index in [2.05, 4.69) is 5.16 Å². The van der Waals surface area contributed by atoms with E-state index < -0.39 is 0 Å². The van der Waals surface area contributed by atoms with Crippen molar-refractivity contribution < 1.29 is 9.32 Å². The molecular weight excluding hydrogens is 166 g/mol. The van der Waals surface area contributed by atoms with Gasteiger partial charge in [0.2, 0.25) is 0 Å². The minimum absolute atomic E-state index is 0.0204. The van der Waals surface area contributed by atoms with Gasteiger partial charge in [-0.2, -0.15) is 0 Å². The van der Waals surface area contributed by atoms with Gasteiger partial charge in [-0.3, -0.25) is 4.79 Å². The number of rotatable bonds is 2. The van der Waals surface area contributed by atoms with Crippen LogP contribution in [0.25, 0.3) is 0 Å². The van der Waals surface area contributed by atoms with Crippen molar-refractivity contribution in [2.45, 2.75) is 38.5 Å². The lowest BCUT2D eigenvalue weighted by atomic mass is 10.0. The molecule has 1 aromatic rings. The van der Waals surface area contributed by atoms with Crippen LogP contribution in [0.4, 0.5) is 0 Å². The molecule has 3 nitrogen and oxygen atoms in total. The van der Waals surface area contributed by atoms with Crippen LogP contribution in [-0.4, -0.2) is 10.9 Å². The Hall–Kier alpha value is -1.12. The first-order valence-corrected chi connectivity index (χ1v) is 4.75. The number of ketones is 1. The number of hydrogen-bond acceptors (Lipinski definition) is 3. The summed E-state index contributed by atoms with van der Waals surface area (Å²) in [5, 5.41) is 3.74. The van der Waals surface area contributed by atoms with Gasteiger partial charge in [-0.1, -0.05) is 18.0 Å². The van der Waals surface area contributed by atoms with Gasteiger partial charge in [0, 0.05) is 18.9 Å². The molecule has 2 rings (SSSR count). The average molecular weight is 179 g/mol. The first kappa shape index (κ1) is 8.48. The van der Waals surface area contributed by atoms with Gasteiger partial charge in [-0.15, -0.1) is 0 Å². The fraction of sp³-hybridized carbons (Fsp3) is 0.600. The van der Waals surface area contributed by atoms with Gasteiger partial charge in [0.05, 0.1) is 0 Å². The van der Waals surface area contributed by atoms with E-state index in [1.54, 1.807) is 6.07 Å². The zero-order valence-corrected chi connectivity index (χ0v) is 7.75. The largest absolute Gasteiger partial charge is 0.360 e. The van der Waals surface area contributed by atoms with Gasteiger partial charge in [-0.25, -0.2) is 0 Å². The molecule has 0 amide bonds. The van der Waals surface area contributed by atoms with Gasteiger partial charge in [-0.05, 0) is 12.8 Å². The standard InChI is InChI=1S/C10H13NO2/c1-7(12)9-6-10(13-11-9)8-4-2-3-5-8/h6,8H,2-5H2,1H3. The lowest BCUT2D eigenvalue weighted by Gasteiger charge is -2.00. The topological polar surface area (TPSA) is 43.1 Å². The van der Waals surface area contributed by atoms with Gasteiger partial charge < -0.3 is 4.52 Å². The molecule has 1 saturated carbocycles. The highest BCUT2D eigenvalue weighted by Crippen LogP contribution is 2.34. The second kappa shape index (κ2) is 3.32. The minimum atomic E-state index is -0.0204. The number of Topliss-reactive ketones (excluding diaryl/α,β-unsaturated/α-hetero) is 1. The summed E-state index contributed by atoms with van der Waals surface area (Å²) in [5.74, 6) is 1.37.